The molecule has 5 rings (SSSR count). The van der Waals surface area contributed by atoms with E-state index in [-0.39, 0.29) is 11.8 Å². The lowest BCUT2D eigenvalue weighted by Gasteiger charge is -2.36. The van der Waals surface area contributed by atoms with Gasteiger partial charge in [0.25, 0.3) is 11.8 Å². The number of carbonyl (C=O) groups is 2. The lowest BCUT2D eigenvalue weighted by molar-refractivity contribution is 0.0952. The van der Waals surface area contributed by atoms with E-state index in [9.17, 15) is 9.59 Å². The van der Waals surface area contributed by atoms with Gasteiger partial charge in [0.05, 0.1) is 12.8 Å². The zero-order valence-corrected chi connectivity index (χ0v) is 22.9. The van der Waals surface area contributed by atoms with Crippen LogP contribution in [0.3, 0.4) is 0 Å². The Kier molecular flexibility index (Phi) is 8.93. The molecule has 0 saturated carbocycles. The number of para-hydroxylation sites is 2. The van der Waals surface area contributed by atoms with Crippen molar-refractivity contribution in [2.24, 2.45) is 0 Å². The zero-order valence-electron chi connectivity index (χ0n) is 22.9. The minimum atomic E-state index is -0.177. The van der Waals surface area contributed by atoms with Gasteiger partial charge >= 0.3 is 0 Å². The van der Waals surface area contributed by atoms with Crippen molar-refractivity contribution in [1.29, 1.82) is 0 Å². The molecule has 0 radical (unpaired) electrons. The number of nitrogens with zero attached hydrogens (tertiary/aromatic N) is 2. The normalized spacial score (nSPS) is 13.7. The Morgan fingerprint density at radius 3 is 2.23 bits per heavy atom. The molecule has 4 aromatic carbocycles. The van der Waals surface area contributed by atoms with Crippen LogP contribution < -0.4 is 20.3 Å². The number of unbranched alkanes of at least 4 members (excludes halogenated alkanes) is 1. The maximum atomic E-state index is 12.7. The van der Waals surface area contributed by atoms with Crippen LogP contribution in [-0.2, 0) is 0 Å². The van der Waals surface area contributed by atoms with E-state index in [0.29, 0.717) is 23.4 Å². The Labute approximate surface area is 235 Å². The molecule has 0 aliphatic carbocycles. The summed E-state index contributed by atoms with van der Waals surface area (Å²) in [6, 6.07) is 28.8. The molecule has 1 saturated heterocycles. The number of fused-ring (bicyclic) bond motifs is 1. The third-order valence-electron chi connectivity index (χ3n) is 7.40. The van der Waals surface area contributed by atoms with Gasteiger partial charge in [-0.1, -0.05) is 42.5 Å². The van der Waals surface area contributed by atoms with E-state index in [2.05, 4.69) is 32.6 Å². The van der Waals surface area contributed by atoms with E-state index in [4.69, 9.17) is 4.74 Å². The van der Waals surface area contributed by atoms with Crippen molar-refractivity contribution >= 4 is 34.0 Å². The van der Waals surface area contributed by atoms with Crippen LogP contribution in [0.15, 0.2) is 91.0 Å². The average molecular weight is 537 g/mol. The Balaban J connectivity index is 1.00. The summed E-state index contributed by atoms with van der Waals surface area (Å²) < 4.78 is 5.51. The summed E-state index contributed by atoms with van der Waals surface area (Å²) in [6.07, 6.45) is 1.97. The summed E-state index contributed by atoms with van der Waals surface area (Å²) in [5.74, 6) is 0.647. The van der Waals surface area contributed by atoms with Crippen molar-refractivity contribution in [2.75, 3.05) is 56.6 Å². The van der Waals surface area contributed by atoms with Gasteiger partial charge in [-0.15, -0.1) is 0 Å². The van der Waals surface area contributed by atoms with Crippen LogP contribution in [0.1, 0.15) is 33.6 Å². The molecule has 1 heterocycles. The van der Waals surface area contributed by atoms with Crippen LogP contribution in [0.25, 0.3) is 10.8 Å². The molecule has 0 bridgehead atoms. The molecule has 7 nitrogen and oxygen atoms in total. The maximum Gasteiger partial charge on any atom is 0.255 e. The quantitative estimate of drug-likeness (QED) is 0.264. The monoisotopic (exact) mass is 536 g/mol. The number of amides is 2. The lowest BCUT2D eigenvalue weighted by Crippen LogP contribution is -2.46. The summed E-state index contributed by atoms with van der Waals surface area (Å²) in [7, 11) is 1.72. The number of methoxy groups -OCH3 is 1. The molecule has 206 valence electrons. The topological polar surface area (TPSA) is 73.9 Å². The summed E-state index contributed by atoms with van der Waals surface area (Å²) in [5, 5.41) is 8.04. The van der Waals surface area contributed by atoms with Crippen molar-refractivity contribution in [3.63, 3.8) is 0 Å². The van der Waals surface area contributed by atoms with Gasteiger partial charge in [0.15, 0.2) is 0 Å². The van der Waals surface area contributed by atoms with E-state index in [0.717, 1.165) is 67.8 Å². The molecule has 1 aliphatic heterocycles. The number of hydrogen-bond acceptors (Lipinski definition) is 5. The molecule has 4 aromatic rings. The van der Waals surface area contributed by atoms with Gasteiger partial charge < -0.3 is 20.3 Å². The SMILES string of the molecule is COc1ccccc1N1CCN(CCCCNC(=O)c2ccc(NC(=O)c3ccc4ccccc4c3)cc2)CC1. The van der Waals surface area contributed by atoms with E-state index < -0.39 is 0 Å². The molecule has 0 spiro atoms. The minimum Gasteiger partial charge on any atom is -0.495 e. The van der Waals surface area contributed by atoms with Crippen LogP contribution in [0.5, 0.6) is 5.75 Å². The summed E-state index contributed by atoms with van der Waals surface area (Å²) >= 11 is 0. The molecule has 2 N–H and O–H groups in total. The Bertz CT molecular complexity index is 1450. The lowest BCUT2D eigenvalue weighted by atomic mass is 10.1. The van der Waals surface area contributed by atoms with Gasteiger partial charge in [0, 0.05) is 49.5 Å². The first-order valence-electron chi connectivity index (χ1n) is 13.9. The standard InChI is InChI=1S/C33H36N4O3/c1-40-31-11-5-4-10-30(31)37-22-20-36(21-23-37)19-7-6-18-34-32(38)26-14-16-29(17-15-26)35-33(39)28-13-12-25-8-2-3-9-27(25)24-28/h2-5,8-17,24H,6-7,18-23H2,1H3,(H,34,38)(H,35,39). The van der Waals surface area contributed by atoms with Crippen molar-refractivity contribution in [1.82, 2.24) is 10.2 Å². The van der Waals surface area contributed by atoms with E-state index in [1.807, 2.05) is 54.6 Å². The number of hydrogen-bond donors (Lipinski definition) is 2. The number of anilines is 2. The van der Waals surface area contributed by atoms with E-state index >= 15 is 0 Å². The fraction of sp³-hybridized carbons (Fsp3) is 0.273. The van der Waals surface area contributed by atoms with Crippen molar-refractivity contribution in [2.45, 2.75) is 12.8 Å². The van der Waals surface area contributed by atoms with Crippen LogP contribution in [0.4, 0.5) is 11.4 Å². The van der Waals surface area contributed by atoms with Gasteiger partial charge in [-0.05, 0) is 78.7 Å². The van der Waals surface area contributed by atoms with Crippen LogP contribution in [0.2, 0.25) is 0 Å². The molecule has 0 aromatic heterocycles. The van der Waals surface area contributed by atoms with Crippen LogP contribution >= 0.6 is 0 Å². The predicted octanol–water partition coefficient (Wildman–Crippen LogP) is 5.43. The minimum absolute atomic E-state index is 0.0992. The highest BCUT2D eigenvalue weighted by atomic mass is 16.5. The van der Waals surface area contributed by atoms with Gasteiger partial charge in [-0.25, -0.2) is 0 Å². The number of rotatable bonds is 10. The Hall–Kier alpha value is -4.36. The largest absolute Gasteiger partial charge is 0.495 e. The van der Waals surface area contributed by atoms with E-state index in [1.54, 1.807) is 31.4 Å². The molecule has 40 heavy (non-hydrogen) atoms. The van der Waals surface area contributed by atoms with Gasteiger partial charge in [0.1, 0.15) is 5.75 Å². The number of carbonyl (C=O) groups excluding carboxylic acids is 2. The predicted molar refractivity (Wildman–Crippen MR) is 162 cm³/mol. The van der Waals surface area contributed by atoms with Crippen LogP contribution in [-0.4, -0.2) is 63.1 Å². The van der Waals surface area contributed by atoms with Gasteiger partial charge in [-0.2, -0.15) is 0 Å². The molecule has 0 atom stereocenters. The molecule has 2 amide bonds. The Morgan fingerprint density at radius 1 is 0.750 bits per heavy atom. The number of nitrogens with one attached hydrogen (secondary N) is 2. The van der Waals surface area contributed by atoms with Crippen molar-refractivity contribution in [3.8, 4) is 5.75 Å². The van der Waals surface area contributed by atoms with E-state index in [1.165, 1.54) is 0 Å². The number of piperazine rings is 1. The number of benzene rings is 4. The summed E-state index contributed by atoms with van der Waals surface area (Å²) in [4.78, 5) is 30.2. The van der Waals surface area contributed by atoms with Gasteiger partial charge in [-0.3, -0.25) is 14.5 Å². The van der Waals surface area contributed by atoms with Crippen molar-refractivity contribution < 1.29 is 14.3 Å². The fourth-order valence-electron chi connectivity index (χ4n) is 5.11. The molecular formula is C33H36N4O3. The van der Waals surface area contributed by atoms with Gasteiger partial charge in [0.2, 0.25) is 0 Å². The molecule has 7 heteroatoms. The smallest absolute Gasteiger partial charge is 0.255 e. The van der Waals surface area contributed by atoms with Crippen LogP contribution in [0, 0.1) is 0 Å². The fourth-order valence-corrected chi connectivity index (χ4v) is 5.11. The zero-order chi connectivity index (χ0) is 27.7. The maximum absolute atomic E-state index is 12.7. The molecule has 0 unspecified atom stereocenters. The molecule has 1 fully saturated rings. The molecular weight excluding hydrogens is 500 g/mol. The summed E-state index contributed by atoms with van der Waals surface area (Å²) in [5.41, 5.74) is 2.99. The third kappa shape index (κ3) is 6.79. The second kappa shape index (κ2) is 13.1. The Morgan fingerprint density at radius 2 is 1.45 bits per heavy atom. The first-order chi connectivity index (χ1) is 19.6. The third-order valence-corrected chi connectivity index (χ3v) is 7.40. The second-order valence-corrected chi connectivity index (χ2v) is 10.1. The molecule has 1 aliphatic rings. The number of ether oxygens (including phenoxy) is 1. The average Bonchev–Trinajstić information content (AvgIpc) is 3.01. The first kappa shape index (κ1) is 27.2. The highest BCUT2D eigenvalue weighted by Gasteiger charge is 2.19. The van der Waals surface area contributed by atoms with Crippen molar-refractivity contribution in [3.05, 3.63) is 102 Å². The summed E-state index contributed by atoms with van der Waals surface area (Å²) in [6.45, 7) is 5.68. The highest BCUT2D eigenvalue weighted by molar-refractivity contribution is 6.06. The second-order valence-electron chi connectivity index (χ2n) is 10.1. The highest BCUT2D eigenvalue weighted by Crippen LogP contribution is 2.28. The first-order valence-corrected chi connectivity index (χ1v) is 13.9.